The number of likely N-dealkylation sites (N-methyl/N-ethyl adjacent to an activating group) is 1. The Morgan fingerprint density at radius 2 is 1.82 bits per heavy atom. The molecule has 2 saturated heterocycles. The number of carbonyl (C=O) groups excluding carboxylic acids is 2. The molecule has 0 unspecified atom stereocenters. The number of amides is 3. The molecule has 2 aromatic rings. The number of imide groups is 1. The minimum absolute atomic E-state index is 0.110. The van der Waals surface area contributed by atoms with Crippen molar-refractivity contribution in [1.29, 1.82) is 0 Å². The van der Waals surface area contributed by atoms with Crippen LogP contribution >= 0.6 is 0 Å². The summed E-state index contributed by atoms with van der Waals surface area (Å²) in [5.74, 6) is 0.480. The van der Waals surface area contributed by atoms with Crippen molar-refractivity contribution in [3.05, 3.63) is 59.7 Å². The molecule has 1 saturated carbocycles. The molecule has 2 aromatic carbocycles. The summed E-state index contributed by atoms with van der Waals surface area (Å²) in [7, 11) is 3.67. The SMILES string of the molecule is COc1ccc(C)c([C@]23CCN(C)[C@H](C)[C@]2(O)CC[C@@]2(C3)NC(=O)N(c3ccccc3)C2=O)c1. The number of likely N-dealkylation sites (tertiary alicyclic amines) is 1. The molecule has 2 aliphatic heterocycles. The largest absolute Gasteiger partial charge is 0.497 e. The highest BCUT2D eigenvalue weighted by molar-refractivity contribution is 6.23. The molecule has 4 atom stereocenters. The van der Waals surface area contributed by atoms with Crippen LogP contribution in [-0.2, 0) is 10.2 Å². The molecular weight excluding hydrogens is 430 g/mol. The second kappa shape index (κ2) is 7.82. The summed E-state index contributed by atoms with van der Waals surface area (Å²) in [6.45, 7) is 4.88. The molecular formula is C27H33N3O4. The summed E-state index contributed by atoms with van der Waals surface area (Å²) < 4.78 is 5.55. The lowest BCUT2D eigenvalue weighted by Crippen LogP contribution is -2.73. The smallest absolute Gasteiger partial charge is 0.329 e. The number of hydrogen-bond acceptors (Lipinski definition) is 5. The molecule has 180 valence electrons. The molecule has 1 spiro atoms. The number of aryl methyl sites for hydroxylation is 1. The predicted molar refractivity (Wildman–Crippen MR) is 130 cm³/mol. The maximum absolute atomic E-state index is 13.9. The van der Waals surface area contributed by atoms with Gasteiger partial charge < -0.3 is 20.1 Å². The number of carbonyl (C=O) groups is 2. The average molecular weight is 464 g/mol. The minimum atomic E-state index is -1.07. The van der Waals surface area contributed by atoms with Crippen molar-refractivity contribution in [3.63, 3.8) is 0 Å². The van der Waals surface area contributed by atoms with Gasteiger partial charge >= 0.3 is 6.03 Å². The van der Waals surface area contributed by atoms with E-state index in [1.807, 2.05) is 50.4 Å². The van der Waals surface area contributed by atoms with Gasteiger partial charge in [0, 0.05) is 11.5 Å². The number of urea groups is 1. The molecule has 2 heterocycles. The maximum atomic E-state index is 13.9. The molecule has 0 aromatic heterocycles. The van der Waals surface area contributed by atoms with E-state index in [4.69, 9.17) is 4.74 Å². The Bertz CT molecular complexity index is 1140. The number of para-hydroxylation sites is 1. The third kappa shape index (κ3) is 3.03. The molecule has 0 radical (unpaired) electrons. The standard InChI is InChI=1S/C27H33N3O4/c1-18-10-11-21(34-4)16-22(18)25-14-15-29(3)19(2)27(25,33)13-12-26(17-25)23(31)30(24(32)28-26)20-8-6-5-7-9-20/h5-11,16,19,33H,12-15,17H2,1-4H3,(H,28,32)/t19-,25-,26+,27-/m1/s1. The van der Waals surface area contributed by atoms with Crippen molar-refractivity contribution in [2.45, 2.75) is 62.1 Å². The van der Waals surface area contributed by atoms with E-state index in [0.717, 1.165) is 23.4 Å². The Balaban J connectivity index is 1.65. The third-order valence-electron chi connectivity index (χ3n) is 8.75. The van der Waals surface area contributed by atoms with Crippen LogP contribution in [0.2, 0.25) is 0 Å². The van der Waals surface area contributed by atoms with Crippen LogP contribution in [0.4, 0.5) is 10.5 Å². The number of piperidine rings is 1. The number of nitrogens with zero attached hydrogens (tertiary/aromatic N) is 2. The quantitative estimate of drug-likeness (QED) is 0.682. The zero-order chi connectivity index (χ0) is 24.3. The van der Waals surface area contributed by atoms with Crippen molar-refractivity contribution in [2.24, 2.45) is 0 Å². The van der Waals surface area contributed by atoms with Gasteiger partial charge in [0.05, 0.1) is 18.4 Å². The van der Waals surface area contributed by atoms with E-state index >= 15 is 0 Å². The van der Waals surface area contributed by atoms with Gasteiger partial charge in [0.25, 0.3) is 5.91 Å². The Labute approximate surface area is 200 Å². The maximum Gasteiger partial charge on any atom is 0.329 e. The Kier molecular flexibility index (Phi) is 5.26. The highest BCUT2D eigenvalue weighted by atomic mass is 16.5. The van der Waals surface area contributed by atoms with Crippen LogP contribution in [0.5, 0.6) is 5.75 Å². The summed E-state index contributed by atoms with van der Waals surface area (Å²) in [5, 5.41) is 15.4. The minimum Gasteiger partial charge on any atom is -0.497 e. The van der Waals surface area contributed by atoms with Crippen molar-refractivity contribution in [1.82, 2.24) is 10.2 Å². The van der Waals surface area contributed by atoms with E-state index in [-0.39, 0.29) is 11.9 Å². The average Bonchev–Trinajstić information content (AvgIpc) is 3.08. The van der Waals surface area contributed by atoms with Crippen LogP contribution in [0.15, 0.2) is 48.5 Å². The molecule has 3 aliphatic rings. The normalized spacial score (nSPS) is 33.7. The van der Waals surface area contributed by atoms with Crippen molar-refractivity contribution in [2.75, 3.05) is 25.6 Å². The number of fused-ring (bicyclic) bond motifs is 1. The Morgan fingerprint density at radius 1 is 1.09 bits per heavy atom. The molecule has 1 aliphatic carbocycles. The molecule has 3 fully saturated rings. The summed E-state index contributed by atoms with van der Waals surface area (Å²) in [6.07, 6.45) is 1.81. The summed E-state index contributed by atoms with van der Waals surface area (Å²) in [4.78, 5) is 30.5. The Morgan fingerprint density at radius 3 is 2.53 bits per heavy atom. The fraction of sp³-hybridized carbons (Fsp3) is 0.481. The van der Waals surface area contributed by atoms with Crippen LogP contribution in [0.1, 0.15) is 43.7 Å². The number of nitrogens with one attached hydrogen (secondary N) is 1. The van der Waals surface area contributed by atoms with E-state index in [1.165, 1.54) is 4.90 Å². The van der Waals surface area contributed by atoms with Gasteiger partial charge in [-0.05, 0) is 88.5 Å². The van der Waals surface area contributed by atoms with Crippen LogP contribution < -0.4 is 15.0 Å². The van der Waals surface area contributed by atoms with E-state index in [2.05, 4.69) is 17.1 Å². The van der Waals surface area contributed by atoms with Gasteiger partial charge in [-0.3, -0.25) is 4.79 Å². The van der Waals surface area contributed by atoms with Gasteiger partial charge in [0.2, 0.25) is 0 Å². The van der Waals surface area contributed by atoms with Crippen LogP contribution in [-0.4, -0.2) is 59.8 Å². The molecule has 7 heteroatoms. The zero-order valence-corrected chi connectivity index (χ0v) is 20.3. The lowest BCUT2D eigenvalue weighted by atomic mass is 9.50. The lowest BCUT2D eigenvalue weighted by molar-refractivity contribution is -0.166. The van der Waals surface area contributed by atoms with E-state index in [1.54, 1.807) is 19.2 Å². The number of aliphatic hydroxyl groups is 1. The topological polar surface area (TPSA) is 82.1 Å². The highest BCUT2D eigenvalue weighted by Crippen LogP contribution is 2.58. The number of anilines is 1. The molecule has 34 heavy (non-hydrogen) atoms. The first-order valence-electron chi connectivity index (χ1n) is 12.0. The highest BCUT2D eigenvalue weighted by Gasteiger charge is 2.67. The monoisotopic (exact) mass is 463 g/mol. The number of rotatable bonds is 3. The van der Waals surface area contributed by atoms with E-state index < -0.39 is 22.6 Å². The van der Waals surface area contributed by atoms with Gasteiger partial charge in [0.1, 0.15) is 11.3 Å². The number of methoxy groups -OCH3 is 1. The van der Waals surface area contributed by atoms with Crippen LogP contribution in [0, 0.1) is 6.92 Å². The second-order valence-corrected chi connectivity index (χ2v) is 10.3. The lowest BCUT2D eigenvalue weighted by Gasteiger charge is -2.62. The fourth-order valence-electron chi connectivity index (χ4n) is 6.67. The summed E-state index contributed by atoms with van der Waals surface area (Å²) >= 11 is 0. The first-order chi connectivity index (χ1) is 16.2. The van der Waals surface area contributed by atoms with Crippen molar-refractivity contribution >= 4 is 17.6 Å². The summed E-state index contributed by atoms with van der Waals surface area (Å²) in [6, 6.07) is 14.5. The van der Waals surface area contributed by atoms with Crippen LogP contribution in [0.25, 0.3) is 0 Å². The first-order valence-corrected chi connectivity index (χ1v) is 12.0. The van der Waals surface area contributed by atoms with E-state index in [0.29, 0.717) is 31.4 Å². The molecule has 0 bridgehead atoms. The van der Waals surface area contributed by atoms with Gasteiger partial charge in [-0.2, -0.15) is 0 Å². The van der Waals surface area contributed by atoms with Crippen molar-refractivity contribution in [3.8, 4) is 5.75 Å². The molecule has 3 amide bonds. The van der Waals surface area contributed by atoms with Gasteiger partial charge in [-0.1, -0.05) is 24.3 Å². The van der Waals surface area contributed by atoms with Gasteiger partial charge in [0.15, 0.2) is 0 Å². The third-order valence-corrected chi connectivity index (χ3v) is 8.75. The van der Waals surface area contributed by atoms with Crippen LogP contribution in [0.3, 0.4) is 0 Å². The molecule has 5 rings (SSSR count). The van der Waals surface area contributed by atoms with Crippen molar-refractivity contribution < 1.29 is 19.4 Å². The van der Waals surface area contributed by atoms with Gasteiger partial charge in [-0.25, -0.2) is 9.69 Å². The van der Waals surface area contributed by atoms with E-state index in [9.17, 15) is 14.7 Å². The van der Waals surface area contributed by atoms with Gasteiger partial charge in [-0.15, -0.1) is 0 Å². The number of benzene rings is 2. The summed E-state index contributed by atoms with van der Waals surface area (Å²) in [5.41, 5.74) is -0.243. The molecule has 7 nitrogen and oxygen atoms in total. The predicted octanol–water partition coefficient (Wildman–Crippen LogP) is 3.38. The number of ether oxygens (including phenoxy) is 1. The Hall–Kier alpha value is -2.90. The molecule has 2 N–H and O–H groups in total. The fourth-order valence-corrected chi connectivity index (χ4v) is 6.67. The first kappa shape index (κ1) is 22.9. The number of hydrogen-bond donors (Lipinski definition) is 2. The second-order valence-electron chi connectivity index (χ2n) is 10.3. The zero-order valence-electron chi connectivity index (χ0n) is 20.3.